The third-order valence-corrected chi connectivity index (χ3v) is 3.85. The summed E-state index contributed by atoms with van der Waals surface area (Å²) in [4.78, 5) is 7.80. The van der Waals surface area contributed by atoms with Gasteiger partial charge in [0.05, 0.1) is 6.61 Å². The molecule has 0 spiro atoms. The van der Waals surface area contributed by atoms with E-state index in [2.05, 4.69) is 30.6 Å². The lowest BCUT2D eigenvalue weighted by molar-refractivity contribution is 0.0549. The average Bonchev–Trinajstić information content (AvgIpc) is 2.40. The number of hydroxylamine groups is 1. The van der Waals surface area contributed by atoms with Gasteiger partial charge in [-0.2, -0.15) is 0 Å². The van der Waals surface area contributed by atoms with Crippen LogP contribution in [-0.2, 0) is 4.84 Å². The van der Waals surface area contributed by atoms with E-state index in [1.165, 1.54) is 63.5 Å². The predicted molar refractivity (Wildman–Crippen MR) is 86.5 cm³/mol. The molecular weight excluding hydrogens is 248 g/mol. The first-order valence-corrected chi connectivity index (χ1v) is 8.50. The Morgan fingerprint density at radius 1 is 1.00 bits per heavy atom. The van der Waals surface area contributed by atoms with Crippen LogP contribution in [0, 0.1) is 0 Å². The first-order chi connectivity index (χ1) is 9.79. The van der Waals surface area contributed by atoms with E-state index in [0.717, 1.165) is 26.0 Å². The maximum Gasteiger partial charge on any atom is 0.0758 e. The summed E-state index contributed by atoms with van der Waals surface area (Å²) in [6.07, 6.45) is 16.8. The normalized spacial score (nSPS) is 19.1. The van der Waals surface area contributed by atoms with E-state index in [0.29, 0.717) is 0 Å². The molecule has 20 heavy (non-hydrogen) atoms. The van der Waals surface area contributed by atoms with Crippen LogP contribution in [0.5, 0.6) is 0 Å². The molecule has 1 aliphatic rings. The number of rotatable bonds is 6. The molecule has 3 heteroatoms. The van der Waals surface area contributed by atoms with Crippen molar-refractivity contribution < 1.29 is 4.84 Å². The number of hydrogen-bond donors (Lipinski definition) is 1. The molecule has 0 saturated heterocycles. The van der Waals surface area contributed by atoms with Crippen LogP contribution >= 0.6 is 0 Å². The van der Waals surface area contributed by atoms with Gasteiger partial charge in [0.2, 0.25) is 0 Å². The second kappa shape index (κ2) is 12.2. The second-order valence-corrected chi connectivity index (χ2v) is 6.20. The molecule has 0 aromatic carbocycles. The van der Waals surface area contributed by atoms with Crippen LogP contribution in [-0.4, -0.2) is 32.1 Å². The van der Waals surface area contributed by atoms with Gasteiger partial charge in [-0.3, -0.25) is 10.3 Å². The second-order valence-electron chi connectivity index (χ2n) is 6.20. The SMILES string of the molecule is CN(C)CCCONC1=CCCCCCCCCCC1. The van der Waals surface area contributed by atoms with Crippen LogP contribution in [0.4, 0.5) is 0 Å². The molecule has 0 atom stereocenters. The molecular formula is C17H34N2O. The smallest absolute Gasteiger partial charge is 0.0758 e. The molecule has 0 aliphatic heterocycles. The Morgan fingerprint density at radius 2 is 1.65 bits per heavy atom. The highest BCUT2D eigenvalue weighted by atomic mass is 16.6. The van der Waals surface area contributed by atoms with Gasteiger partial charge in [-0.15, -0.1) is 0 Å². The number of allylic oxidation sites excluding steroid dienone is 2. The highest BCUT2D eigenvalue weighted by Gasteiger charge is 2.01. The number of hydrogen-bond acceptors (Lipinski definition) is 3. The summed E-state index contributed by atoms with van der Waals surface area (Å²) < 4.78 is 0. The van der Waals surface area contributed by atoms with E-state index in [1.807, 2.05) is 0 Å². The molecule has 0 unspecified atom stereocenters. The summed E-state index contributed by atoms with van der Waals surface area (Å²) in [5.74, 6) is 0. The van der Waals surface area contributed by atoms with E-state index in [-0.39, 0.29) is 0 Å². The maximum absolute atomic E-state index is 5.60. The third kappa shape index (κ3) is 10.3. The molecule has 1 rings (SSSR count). The van der Waals surface area contributed by atoms with Crippen molar-refractivity contribution in [1.29, 1.82) is 0 Å². The summed E-state index contributed by atoms with van der Waals surface area (Å²) in [6.45, 7) is 1.87. The van der Waals surface area contributed by atoms with Crippen molar-refractivity contribution in [3.05, 3.63) is 11.8 Å². The molecule has 1 N–H and O–H groups in total. The molecule has 118 valence electrons. The van der Waals surface area contributed by atoms with Crippen molar-refractivity contribution in [2.24, 2.45) is 0 Å². The van der Waals surface area contributed by atoms with E-state index >= 15 is 0 Å². The summed E-state index contributed by atoms with van der Waals surface area (Å²) in [6, 6.07) is 0. The van der Waals surface area contributed by atoms with Crippen LogP contribution in [0.3, 0.4) is 0 Å². The largest absolute Gasteiger partial charge is 0.309 e. The van der Waals surface area contributed by atoms with Crippen LogP contribution in [0.15, 0.2) is 11.8 Å². The maximum atomic E-state index is 5.60. The monoisotopic (exact) mass is 282 g/mol. The Morgan fingerprint density at radius 3 is 2.35 bits per heavy atom. The fraction of sp³-hybridized carbons (Fsp3) is 0.882. The minimum absolute atomic E-state index is 0.787. The van der Waals surface area contributed by atoms with Crippen molar-refractivity contribution in [1.82, 2.24) is 10.4 Å². The molecule has 3 nitrogen and oxygen atoms in total. The number of nitrogens with zero attached hydrogens (tertiary/aromatic N) is 1. The first-order valence-electron chi connectivity index (χ1n) is 8.50. The summed E-state index contributed by atoms with van der Waals surface area (Å²) >= 11 is 0. The van der Waals surface area contributed by atoms with Crippen molar-refractivity contribution in [2.75, 3.05) is 27.2 Å². The van der Waals surface area contributed by atoms with Gasteiger partial charge in [-0.25, -0.2) is 0 Å². The number of nitrogens with one attached hydrogen (secondary N) is 1. The third-order valence-electron chi connectivity index (χ3n) is 3.85. The Labute approximate surface area is 125 Å². The lowest BCUT2D eigenvalue weighted by Crippen LogP contribution is -2.19. The molecule has 0 aromatic rings. The molecule has 1 aliphatic carbocycles. The van der Waals surface area contributed by atoms with Crippen molar-refractivity contribution >= 4 is 0 Å². The van der Waals surface area contributed by atoms with Gasteiger partial charge < -0.3 is 4.90 Å². The zero-order valence-electron chi connectivity index (χ0n) is 13.6. The van der Waals surface area contributed by atoms with Gasteiger partial charge >= 0.3 is 0 Å². The highest BCUT2D eigenvalue weighted by molar-refractivity contribution is 4.97. The molecule has 0 bridgehead atoms. The van der Waals surface area contributed by atoms with Crippen molar-refractivity contribution in [2.45, 2.75) is 70.6 Å². The standard InChI is InChI=1S/C17H34N2O/c1-19(2)15-12-16-20-18-17-13-10-8-6-4-3-5-7-9-11-14-17/h13,18H,3-12,14-16H2,1-2H3. The van der Waals surface area contributed by atoms with Gasteiger partial charge in [0, 0.05) is 5.70 Å². The fourth-order valence-electron chi connectivity index (χ4n) is 2.59. The Bertz CT molecular complexity index is 251. The zero-order chi connectivity index (χ0) is 14.5. The lowest BCUT2D eigenvalue weighted by Gasteiger charge is -2.13. The van der Waals surface area contributed by atoms with Crippen molar-refractivity contribution in [3.63, 3.8) is 0 Å². The van der Waals surface area contributed by atoms with E-state index in [4.69, 9.17) is 4.84 Å². The van der Waals surface area contributed by atoms with Crippen LogP contribution in [0.1, 0.15) is 70.6 Å². The van der Waals surface area contributed by atoms with Gasteiger partial charge in [0.15, 0.2) is 0 Å². The molecule has 0 heterocycles. The summed E-state index contributed by atoms with van der Waals surface area (Å²) in [5.41, 5.74) is 4.49. The lowest BCUT2D eigenvalue weighted by atomic mass is 10.0. The Balaban J connectivity index is 2.20. The van der Waals surface area contributed by atoms with Crippen LogP contribution < -0.4 is 5.48 Å². The van der Waals surface area contributed by atoms with Gasteiger partial charge in [0.25, 0.3) is 0 Å². The molecule has 0 radical (unpaired) electrons. The fourth-order valence-corrected chi connectivity index (χ4v) is 2.59. The predicted octanol–water partition coefficient (Wildman–Crippen LogP) is 4.26. The average molecular weight is 282 g/mol. The highest BCUT2D eigenvalue weighted by Crippen LogP contribution is 2.15. The van der Waals surface area contributed by atoms with Gasteiger partial charge in [-0.1, -0.05) is 44.6 Å². The quantitative estimate of drug-likeness (QED) is 0.582. The minimum Gasteiger partial charge on any atom is -0.309 e. The van der Waals surface area contributed by atoms with Crippen LogP contribution in [0.2, 0.25) is 0 Å². The molecule has 0 fully saturated rings. The van der Waals surface area contributed by atoms with E-state index < -0.39 is 0 Å². The van der Waals surface area contributed by atoms with Gasteiger partial charge in [0.1, 0.15) is 0 Å². The zero-order valence-corrected chi connectivity index (χ0v) is 13.6. The molecule has 0 aromatic heterocycles. The van der Waals surface area contributed by atoms with E-state index in [1.54, 1.807) is 0 Å². The Kier molecular flexibility index (Phi) is 10.7. The van der Waals surface area contributed by atoms with E-state index in [9.17, 15) is 0 Å². The topological polar surface area (TPSA) is 24.5 Å². The minimum atomic E-state index is 0.787. The van der Waals surface area contributed by atoms with Crippen molar-refractivity contribution in [3.8, 4) is 0 Å². The van der Waals surface area contributed by atoms with Crippen LogP contribution in [0.25, 0.3) is 0 Å². The molecule has 0 amide bonds. The Hall–Kier alpha value is -0.540. The first kappa shape index (κ1) is 17.5. The summed E-state index contributed by atoms with van der Waals surface area (Å²) in [5, 5.41) is 0. The summed E-state index contributed by atoms with van der Waals surface area (Å²) in [7, 11) is 4.20. The molecule has 0 saturated carbocycles. The van der Waals surface area contributed by atoms with Gasteiger partial charge in [-0.05, 0) is 52.7 Å².